The first kappa shape index (κ1) is 12.7. The molecule has 18 heavy (non-hydrogen) atoms. The van der Waals surface area contributed by atoms with Gasteiger partial charge in [0, 0.05) is 5.57 Å². The van der Waals surface area contributed by atoms with E-state index in [4.69, 9.17) is 5.21 Å². The van der Waals surface area contributed by atoms with E-state index in [1.54, 1.807) is 12.1 Å². The normalized spacial score (nSPS) is 17.7. The Morgan fingerprint density at radius 1 is 1.28 bits per heavy atom. The average molecular weight is 245 g/mol. The van der Waals surface area contributed by atoms with Crippen LogP contribution in [0.3, 0.4) is 0 Å². The number of unbranched alkanes of at least 4 members (excludes halogenated alkanes) is 1. The fraction of sp³-hybridized carbons (Fsp3) is 0.400. The molecule has 0 bridgehead atoms. The Kier molecular flexibility index (Phi) is 4.03. The molecule has 0 saturated heterocycles. The molecule has 0 unspecified atom stereocenters. The van der Waals surface area contributed by atoms with Crippen LogP contribution in [0.5, 0.6) is 5.75 Å². The van der Waals surface area contributed by atoms with Gasteiger partial charge in [-0.15, -0.1) is 0 Å². The van der Waals surface area contributed by atoms with E-state index in [1.165, 1.54) is 5.57 Å². The molecule has 1 aliphatic carbocycles. The van der Waals surface area contributed by atoms with Gasteiger partial charge in [-0.05, 0) is 43.4 Å². The highest BCUT2D eigenvalue weighted by molar-refractivity contribution is 6.26. The van der Waals surface area contributed by atoms with E-state index in [0.29, 0.717) is 0 Å². The third-order valence-corrected chi connectivity index (χ3v) is 3.39. The Morgan fingerprint density at radius 3 is 2.78 bits per heavy atom. The summed E-state index contributed by atoms with van der Waals surface area (Å²) in [5.41, 5.74) is 4.07. The first-order valence-corrected chi connectivity index (χ1v) is 6.49. The third kappa shape index (κ3) is 2.55. The predicted molar refractivity (Wildman–Crippen MR) is 73.0 cm³/mol. The largest absolute Gasteiger partial charge is 0.508 e. The van der Waals surface area contributed by atoms with E-state index >= 15 is 0 Å². The van der Waals surface area contributed by atoms with Gasteiger partial charge in [0.2, 0.25) is 0 Å². The standard InChI is InChI=1S/C15H19NO2/c1-2-3-5-11-8-9-14(16-18)15(11)12-6-4-7-13(17)10-12/h4,6-7,10,17-18H,2-3,5,8-9H2,1H3. The zero-order valence-corrected chi connectivity index (χ0v) is 10.7. The van der Waals surface area contributed by atoms with Crippen molar-refractivity contribution in [1.29, 1.82) is 0 Å². The van der Waals surface area contributed by atoms with Crippen molar-refractivity contribution in [3.05, 3.63) is 35.4 Å². The van der Waals surface area contributed by atoms with Crippen LogP contribution in [0.2, 0.25) is 0 Å². The van der Waals surface area contributed by atoms with Crippen LogP contribution in [-0.2, 0) is 0 Å². The highest BCUT2D eigenvalue weighted by Gasteiger charge is 2.22. The lowest BCUT2D eigenvalue weighted by Gasteiger charge is -2.08. The van der Waals surface area contributed by atoms with Crippen molar-refractivity contribution in [2.45, 2.75) is 39.0 Å². The number of phenols is 1. The first-order valence-electron chi connectivity index (χ1n) is 6.49. The molecule has 0 spiro atoms. The fourth-order valence-corrected chi connectivity index (χ4v) is 2.50. The van der Waals surface area contributed by atoms with Gasteiger partial charge in [-0.3, -0.25) is 0 Å². The molecule has 2 rings (SSSR count). The van der Waals surface area contributed by atoms with Crippen LogP contribution < -0.4 is 0 Å². The summed E-state index contributed by atoms with van der Waals surface area (Å²) in [4.78, 5) is 0. The summed E-state index contributed by atoms with van der Waals surface area (Å²) in [5.74, 6) is 0.249. The molecule has 0 aliphatic heterocycles. The van der Waals surface area contributed by atoms with Gasteiger partial charge in [-0.25, -0.2) is 0 Å². The Bertz CT molecular complexity index is 489. The van der Waals surface area contributed by atoms with E-state index < -0.39 is 0 Å². The maximum Gasteiger partial charge on any atom is 0.116 e. The van der Waals surface area contributed by atoms with Crippen molar-refractivity contribution >= 4 is 11.3 Å². The number of allylic oxidation sites excluding steroid dienone is 2. The van der Waals surface area contributed by atoms with Crippen molar-refractivity contribution < 1.29 is 10.3 Å². The maximum absolute atomic E-state index is 9.57. The first-order chi connectivity index (χ1) is 8.76. The number of benzene rings is 1. The summed E-state index contributed by atoms with van der Waals surface area (Å²) < 4.78 is 0. The number of nitrogens with zero attached hydrogens (tertiary/aromatic N) is 1. The molecule has 0 fully saturated rings. The molecule has 1 aromatic carbocycles. The van der Waals surface area contributed by atoms with Gasteiger partial charge in [0.05, 0.1) is 5.71 Å². The zero-order valence-electron chi connectivity index (χ0n) is 10.7. The number of rotatable bonds is 4. The minimum Gasteiger partial charge on any atom is -0.508 e. The highest BCUT2D eigenvalue weighted by atomic mass is 16.4. The van der Waals surface area contributed by atoms with Gasteiger partial charge in [-0.2, -0.15) is 0 Å². The lowest BCUT2D eigenvalue weighted by Crippen LogP contribution is -1.97. The highest BCUT2D eigenvalue weighted by Crippen LogP contribution is 2.35. The molecule has 0 aromatic heterocycles. The number of oxime groups is 1. The second kappa shape index (κ2) is 5.71. The monoisotopic (exact) mass is 245 g/mol. The lowest BCUT2D eigenvalue weighted by atomic mass is 9.98. The molecule has 96 valence electrons. The summed E-state index contributed by atoms with van der Waals surface area (Å²) in [5, 5.41) is 22.1. The Balaban J connectivity index is 2.40. The van der Waals surface area contributed by atoms with Gasteiger partial charge in [-0.1, -0.05) is 36.2 Å². The summed E-state index contributed by atoms with van der Waals surface area (Å²) >= 11 is 0. The predicted octanol–water partition coefficient (Wildman–Crippen LogP) is 3.96. The maximum atomic E-state index is 9.57. The van der Waals surface area contributed by atoms with E-state index in [9.17, 15) is 5.11 Å². The number of phenolic OH excluding ortho intramolecular Hbond substituents is 1. The van der Waals surface area contributed by atoms with Crippen molar-refractivity contribution in [3.63, 3.8) is 0 Å². The molecule has 2 N–H and O–H groups in total. The van der Waals surface area contributed by atoms with Crippen LogP contribution in [0.25, 0.3) is 5.57 Å². The Morgan fingerprint density at radius 2 is 2.11 bits per heavy atom. The SMILES string of the molecule is CCCCC1=C(c2cccc(O)c2)C(=NO)CC1. The van der Waals surface area contributed by atoms with Crippen molar-refractivity contribution in [1.82, 2.24) is 0 Å². The van der Waals surface area contributed by atoms with E-state index in [-0.39, 0.29) is 5.75 Å². The van der Waals surface area contributed by atoms with Crippen LogP contribution >= 0.6 is 0 Å². The van der Waals surface area contributed by atoms with E-state index in [0.717, 1.165) is 49.0 Å². The number of aromatic hydroxyl groups is 1. The van der Waals surface area contributed by atoms with Crippen LogP contribution in [-0.4, -0.2) is 16.0 Å². The van der Waals surface area contributed by atoms with Crippen LogP contribution in [0.1, 0.15) is 44.6 Å². The van der Waals surface area contributed by atoms with Crippen molar-refractivity contribution in [2.75, 3.05) is 0 Å². The number of hydrogen-bond acceptors (Lipinski definition) is 3. The summed E-state index contributed by atoms with van der Waals surface area (Å²) in [6.45, 7) is 2.17. The quantitative estimate of drug-likeness (QED) is 0.623. The van der Waals surface area contributed by atoms with Crippen LogP contribution in [0.4, 0.5) is 0 Å². The Hall–Kier alpha value is -1.77. The molecular weight excluding hydrogens is 226 g/mol. The summed E-state index contributed by atoms with van der Waals surface area (Å²) in [6.07, 6.45) is 5.10. The summed E-state index contributed by atoms with van der Waals surface area (Å²) in [7, 11) is 0. The molecule has 3 nitrogen and oxygen atoms in total. The average Bonchev–Trinajstić information content (AvgIpc) is 2.79. The molecule has 1 aromatic rings. The lowest BCUT2D eigenvalue weighted by molar-refractivity contribution is 0.319. The number of hydrogen-bond donors (Lipinski definition) is 2. The van der Waals surface area contributed by atoms with Gasteiger partial charge in [0.1, 0.15) is 5.75 Å². The molecule has 0 radical (unpaired) electrons. The smallest absolute Gasteiger partial charge is 0.116 e. The van der Waals surface area contributed by atoms with Crippen molar-refractivity contribution in [2.24, 2.45) is 5.16 Å². The minimum absolute atomic E-state index is 0.249. The van der Waals surface area contributed by atoms with Gasteiger partial charge >= 0.3 is 0 Å². The molecule has 0 atom stereocenters. The second-order valence-corrected chi connectivity index (χ2v) is 4.68. The third-order valence-electron chi connectivity index (χ3n) is 3.39. The molecule has 0 saturated carbocycles. The van der Waals surface area contributed by atoms with Gasteiger partial charge in [0.15, 0.2) is 0 Å². The summed E-state index contributed by atoms with van der Waals surface area (Å²) in [6, 6.07) is 7.16. The van der Waals surface area contributed by atoms with Crippen LogP contribution in [0, 0.1) is 0 Å². The fourth-order valence-electron chi connectivity index (χ4n) is 2.50. The second-order valence-electron chi connectivity index (χ2n) is 4.68. The Labute approximate surface area is 107 Å². The van der Waals surface area contributed by atoms with Crippen LogP contribution in [0.15, 0.2) is 35.0 Å². The van der Waals surface area contributed by atoms with E-state index in [1.807, 2.05) is 12.1 Å². The molecular formula is C15H19NO2. The van der Waals surface area contributed by atoms with Gasteiger partial charge in [0.25, 0.3) is 0 Å². The topological polar surface area (TPSA) is 52.8 Å². The van der Waals surface area contributed by atoms with E-state index in [2.05, 4.69) is 12.1 Å². The molecule has 3 heteroatoms. The van der Waals surface area contributed by atoms with Crippen molar-refractivity contribution in [3.8, 4) is 5.75 Å². The zero-order chi connectivity index (χ0) is 13.0. The minimum atomic E-state index is 0.249. The molecule has 0 amide bonds. The molecule has 0 heterocycles. The van der Waals surface area contributed by atoms with Gasteiger partial charge < -0.3 is 10.3 Å². The molecule has 1 aliphatic rings.